The Morgan fingerprint density at radius 2 is 1.67 bits per heavy atom. The molecule has 0 aliphatic heterocycles. The molecule has 3 rings (SSSR count). The van der Waals surface area contributed by atoms with Gasteiger partial charge in [0.15, 0.2) is 0 Å². The van der Waals surface area contributed by atoms with E-state index < -0.39 is 0 Å². The van der Waals surface area contributed by atoms with Gasteiger partial charge >= 0.3 is 0 Å². The maximum absolute atomic E-state index is 12.3. The summed E-state index contributed by atoms with van der Waals surface area (Å²) in [6.45, 7) is 4.55. The smallest absolute Gasteiger partial charge is 0.228 e. The molecule has 0 aromatic heterocycles. The molecule has 1 aliphatic carbocycles. The van der Waals surface area contributed by atoms with Crippen LogP contribution in [0.25, 0.3) is 0 Å². The second-order valence-electron chi connectivity index (χ2n) is 6.44. The Hall–Kier alpha value is -2.62. The van der Waals surface area contributed by atoms with Crippen molar-refractivity contribution >= 4 is 17.5 Å². The van der Waals surface area contributed by atoms with Gasteiger partial charge < -0.3 is 10.6 Å². The number of hydrogen-bond acceptors (Lipinski definition) is 2. The molecule has 0 bridgehead atoms. The van der Waals surface area contributed by atoms with Crippen molar-refractivity contribution in [1.29, 1.82) is 0 Å². The molecule has 24 heavy (non-hydrogen) atoms. The van der Waals surface area contributed by atoms with Gasteiger partial charge in [0.25, 0.3) is 0 Å². The highest BCUT2D eigenvalue weighted by Crippen LogP contribution is 2.39. The van der Waals surface area contributed by atoms with Gasteiger partial charge in [-0.2, -0.15) is 0 Å². The van der Waals surface area contributed by atoms with Crippen LogP contribution in [0.5, 0.6) is 0 Å². The fourth-order valence-electron chi connectivity index (χ4n) is 2.74. The highest BCUT2D eigenvalue weighted by molar-refractivity contribution is 5.99. The van der Waals surface area contributed by atoms with E-state index in [1.807, 2.05) is 62.4 Å². The predicted molar refractivity (Wildman–Crippen MR) is 94.4 cm³/mol. The molecule has 2 N–H and O–H groups in total. The van der Waals surface area contributed by atoms with Crippen LogP contribution in [0.2, 0.25) is 0 Å². The molecule has 2 amide bonds. The average molecular weight is 322 g/mol. The average Bonchev–Trinajstić information content (AvgIpc) is 3.38. The first-order chi connectivity index (χ1) is 11.5. The Bertz CT molecular complexity index is 755. The van der Waals surface area contributed by atoms with E-state index in [2.05, 4.69) is 10.6 Å². The monoisotopic (exact) mass is 322 g/mol. The highest BCUT2D eigenvalue weighted by Gasteiger charge is 2.47. The minimum atomic E-state index is -0.220. The number of benzene rings is 2. The first-order valence-corrected chi connectivity index (χ1v) is 8.24. The number of rotatable bonds is 5. The molecule has 2 unspecified atom stereocenters. The molecule has 0 radical (unpaired) electrons. The van der Waals surface area contributed by atoms with Gasteiger partial charge in [-0.15, -0.1) is 0 Å². The van der Waals surface area contributed by atoms with E-state index >= 15 is 0 Å². The van der Waals surface area contributed by atoms with Crippen LogP contribution in [0.4, 0.5) is 5.69 Å². The zero-order valence-electron chi connectivity index (χ0n) is 14.0. The van der Waals surface area contributed by atoms with Crippen LogP contribution in [-0.2, 0) is 16.1 Å². The lowest BCUT2D eigenvalue weighted by Gasteiger charge is -2.08. The largest absolute Gasteiger partial charge is 0.352 e. The Balaban J connectivity index is 1.49. The quantitative estimate of drug-likeness (QED) is 0.888. The number of anilines is 1. The van der Waals surface area contributed by atoms with Gasteiger partial charge in [-0.25, -0.2) is 0 Å². The van der Waals surface area contributed by atoms with Gasteiger partial charge in [-0.3, -0.25) is 9.59 Å². The number of amides is 2. The van der Waals surface area contributed by atoms with Crippen molar-refractivity contribution < 1.29 is 9.59 Å². The number of hydrogen-bond donors (Lipinski definition) is 2. The van der Waals surface area contributed by atoms with E-state index in [0.29, 0.717) is 13.0 Å². The third-order valence-electron chi connectivity index (χ3n) is 4.55. The molecule has 1 fully saturated rings. The first kappa shape index (κ1) is 16.2. The molecule has 0 heterocycles. The van der Waals surface area contributed by atoms with E-state index in [9.17, 15) is 9.59 Å². The van der Waals surface area contributed by atoms with Crippen molar-refractivity contribution in [2.24, 2.45) is 11.8 Å². The zero-order valence-corrected chi connectivity index (χ0v) is 14.0. The number of aryl methyl sites for hydroxylation is 2. The third-order valence-corrected chi connectivity index (χ3v) is 4.55. The van der Waals surface area contributed by atoms with Crippen LogP contribution in [0.15, 0.2) is 48.5 Å². The summed E-state index contributed by atoms with van der Waals surface area (Å²) in [6, 6.07) is 15.6. The molecule has 2 aromatic rings. The van der Waals surface area contributed by atoms with Crippen LogP contribution >= 0.6 is 0 Å². The summed E-state index contributed by atoms with van der Waals surface area (Å²) in [6.07, 6.45) is 0.622. The first-order valence-electron chi connectivity index (χ1n) is 8.24. The normalized spacial score (nSPS) is 18.8. The van der Waals surface area contributed by atoms with Crippen molar-refractivity contribution in [2.45, 2.75) is 26.8 Å². The summed E-state index contributed by atoms with van der Waals surface area (Å²) in [5, 5.41) is 5.82. The highest BCUT2D eigenvalue weighted by atomic mass is 16.2. The molecular formula is C20H22N2O2. The number of carbonyl (C=O) groups excluding carboxylic acids is 2. The van der Waals surface area contributed by atoms with E-state index in [-0.39, 0.29) is 23.7 Å². The molecule has 2 aromatic carbocycles. The van der Waals surface area contributed by atoms with Gasteiger partial charge in [0.2, 0.25) is 11.8 Å². The summed E-state index contributed by atoms with van der Waals surface area (Å²) in [4.78, 5) is 24.4. The summed E-state index contributed by atoms with van der Waals surface area (Å²) in [5.74, 6) is -0.542. The molecule has 1 saturated carbocycles. The Kier molecular flexibility index (Phi) is 4.65. The lowest BCUT2D eigenvalue weighted by Crippen LogP contribution is -2.27. The molecule has 0 spiro atoms. The number of carbonyl (C=O) groups is 2. The fraction of sp³-hybridized carbons (Fsp3) is 0.300. The van der Waals surface area contributed by atoms with Gasteiger partial charge in [0.05, 0.1) is 11.8 Å². The van der Waals surface area contributed by atoms with Crippen LogP contribution in [-0.4, -0.2) is 11.8 Å². The van der Waals surface area contributed by atoms with Gasteiger partial charge in [0, 0.05) is 12.2 Å². The molecular weight excluding hydrogens is 300 g/mol. The van der Waals surface area contributed by atoms with Crippen LogP contribution < -0.4 is 10.6 Å². The topological polar surface area (TPSA) is 58.2 Å². The molecule has 124 valence electrons. The lowest BCUT2D eigenvalue weighted by atomic mass is 10.1. The lowest BCUT2D eigenvalue weighted by molar-refractivity contribution is -0.125. The van der Waals surface area contributed by atoms with Gasteiger partial charge in [-0.05, 0) is 49.1 Å². The summed E-state index contributed by atoms with van der Waals surface area (Å²) in [5.41, 5.74) is 4.18. The molecule has 0 saturated heterocycles. The van der Waals surface area contributed by atoms with Crippen molar-refractivity contribution in [3.63, 3.8) is 0 Å². The third kappa shape index (κ3) is 3.82. The molecule has 4 nitrogen and oxygen atoms in total. The second-order valence-corrected chi connectivity index (χ2v) is 6.44. The van der Waals surface area contributed by atoms with Crippen LogP contribution in [0, 0.1) is 25.7 Å². The Labute approximate surface area is 142 Å². The van der Waals surface area contributed by atoms with E-state index in [1.54, 1.807) is 0 Å². The fourth-order valence-corrected chi connectivity index (χ4v) is 2.74. The van der Waals surface area contributed by atoms with Crippen molar-refractivity contribution in [3.05, 3.63) is 65.2 Å². The SMILES string of the molecule is Cc1ccc(NC(=O)C2CC2C(=O)NCc2ccccc2)cc1C. The van der Waals surface area contributed by atoms with Gasteiger partial charge in [-0.1, -0.05) is 36.4 Å². The summed E-state index contributed by atoms with van der Waals surface area (Å²) < 4.78 is 0. The summed E-state index contributed by atoms with van der Waals surface area (Å²) >= 11 is 0. The minimum absolute atomic E-state index is 0.0425. The second kappa shape index (κ2) is 6.87. The maximum Gasteiger partial charge on any atom is 0.228 e. The van der Waals surface area contributed by atoms with E-state index in [4.69, 9.17) is 0 Å². The minimum Gasteiger partial charge on any atom is -0.352 e. The molecule has 1 aliphatic rings. The van der Waals surface area contributed by atoms with Crippen molar-refractivity contribution in [3.8, 4) is 0 Å². The van der Waals surface area contributed by atoms with E-state index in [1.165, 1.54) is 5.56 Å². The van der Waals surface area contributed by atoms with Crippen LogP contribution in [0.3, 0.4) is 0 Å². The summed E-state index contributed by atoms with van der Waals surface area (Å²) in [7, 11) is 0. The molecule has 2 atom stereocenters. The predicted octanol–water partition coefficient (Wildman–Crippen LogP) is 3.19. The molecule has 4 heteroatoms. The van der Waals surface area contributed by atoms with Crippen molar-refractivity contribution in [2.75, 3.05) is 5.32 Å². The van der Waals surface area contributed by atoms with E-state index in [0.717, 1.165) is 16.8 Å². The number of nitrogens with one attached hydrogen (secondary N) is 2. The van der Waals surface area contributed by atoms with Crippen molar-refractivity contribution in [1.82, 2.24) is 5.32 Å². The maximum atomic E-state index is 12.3. The zero-order chi connectivity index (χ0) is 17.1. The standard InChI is InChI=1S/C20H22N2O2/c1-13-8-9-16(10-14(13)2)22-20(24)18-11-17(18)19(23)21-12-15-6-4-3-5-7-15/h3-10,17-18H,11-12H2,1-2H3,(H,21,23)(H,22,24). The Morgan fingerprint density at radius 1 is 0.958 bits per heavy atom. The Morgan fingerprint density at radius 3 is 2.38 bits per heavy atom. The van der Waals surface area contributed by atoms with Crippen LogP contribution in [0.1, 0.15) is 23.1 Å². The van der Waals surface area contributed by atoms with Gasteiger partial charge in [0.1, 0.15) is 0 Å².